The molecular formula is C33H36F2N4O4S. The molecule has 0 saturated heterocycles. The van der Waals surface area contributed by atoms with Crippen LogP contribution in [-0.2, 0) is 15.4 Å². The highest BCUT2D eigenvalue weighted by Crippen LogP contribution is 2.46. The summed E-state index contributed by atoms with van der Waals surface area (Å²) >= 11 is 0. The molecule has 11 heteroatoms. The van der Waals surface area contributed by atoms with E-state index in [9.17, 15) is 18.3 Å². The minimum atomic E-state index is -3.56. The maximum absolute atomic E-state index is 16.2. The average molecular weight is 623 g/mol. The number of nitrogens with zero attached hydrogens (tertiary/aromatic N) is 2. The molecule has 5 atom stereocenters. The van der Waals surface area contributed by atoms with Crippen molar-refractivity contribution in [1.29, 1.82) is 0 Å². The standard InChI is InChI=1S/C33H36F2N4O4S/c1-3-18-5-6-19-13-20(14-26(36)31(19)44(2,42)43)22-9-12-37-17-28(22)39-32(40)27-8-7-24(34)30(38-27)29-23(18)15-21(16-25(29)35)33(41)10-4-11-33/h5-9,12,15-20,26,31,41H,3-4,10-11,13-14,36H2,1-2H3,(H,39,40). The summed E-state index contributed by atoms with van der Waals surface area (Å²) in [4.78, 5) is 22.0. The number of rotatable bonds is 3. The van der Waals surface area contributed by atoms with Crippen LogP contribution in [0.5, 0.6) is 0 Å². The lowest BCUT2D eigenvalue weighted by Gasteiger charge is -2.39. The van der Waals surface area contributed by atoms with Crippen LogP contribution in [0.4, 0.5) is 14.5 Å². The van der Waals surface area contributed by atoms with Crippen molar-refractivity contribution in [3.63, 3.8) is 0 Å². The van der Waals surface area contributed by atoms with Crippen LogP contribution in [0.1, 0.15) is 84.5 Å². The fraction of sp³-hybridized carbons (Fsp3) is 0.424. The summed E-state index contributed by atoms with van der Waals surface area (Å²) in [6.45, 7) is 1.90. The van der Waals surface area contributed by atoms with E-state index in [-0.39, 0.29) is 22.9 Å². The van der Waals surface area contributed by atoms with Gasteiger partial charge in [0.25, 0.3) is 5.91 Å². The smallest absolute Gasteiger partial charge is 0.274 e. The predicted molar refractivity (Wildman–Crippen MR) is 164 cm³/mol. The monoisotopic (exact) mass is 622 g/mol. The minimum absolute atomic E-state index is 0.102. The molecule has 4 N–H and O–H groups in total. The Balaban J connectivity index is 1.60. The number of nitrogens with two attached hydrogens (primary N) is 1. The van der Waals surface area contributed by atoms with E-state index in [4.69, 9.17) is 5.73 Å². The van der Waals surface area contributed by atoms with Crippen LogP contribution in [-0.4, -0.2) is 46.9 Å². The lowest BCUT2D eigenvalue weighted by atomic mass is 9.73. The number of pyridine rings is 2. The molecule has 2 saturated carbocycles. The van der Waals surface area contributed by atoms with Crippen molar-refractivity contribution in [2.75, 3.05) is 11.6 Å². The Bertz CT molecular complexity index is 1760. The lowest BCUT2D eigenvalue weighted by molar-refractivity contribution is -0.0390. The molecule has 2 aromatic heterocycles. The van der Waals surface area contributed by atoms with Crippen molar-refractivity contribution in [2.24, 2.45) is 11.7 Å². The highest BCUT2D eigenvalue weighted by Gasteiger charge is 2.42. The molecule has 4 bridgehead atoms. The summed E-state index contributed by atoms with van der Waals surface area (Å²) < 4.78 is 57.7. The van der Waals surface area contributed by atoms with Gasteiger partial charge in [0.2, 0.25) is 0 Å². The number of anilines is 1. The van der Waals surface area contributed by atoms with E-state index < -0.39 is 56.1 Å². The van der Waals surface area contributed by atoms with E-state index in [1.807, 2.05) is 19.1 Å². The quantitative estimate of drug-likeness (QED) is 0.336. The summed E-state index contributed by atoms with van der Waals surface area (Å²) in [5.74, 6) is -3.36. The Kier molecular flexibility index (Phi) is 7.92. The number of hydrogen-bond donors (Lipinski definition) is 3. The van der Waals surface area contributed by atoms with E-state index in [2.05, 4.69) is 15.3 Å². The first kappa shape index (κ1) is 30.5. The molecule has 3 aliphatic rings. The first-order chi connectivity index (χ1) is 20.9. The molecule has 5 unspecified atom stereocenters. The normalized spacial score (nSPS) is 26.3. The van der Waals surface area contributed by atoms with Crippen LogP contribution < -0.4 is 11.1 Å². The second-order valence-electron chi connectivity index (χ2n) is 12.4. The summed E-state index contributed by atoms with van der Waals surface area (Å²) in [6, 6.07) is 6.36. The summed E-state index contributed by atoms with van der Waals surface area (Å²) in [6.07, 6.45) is 11.0. The van der Waals surface area contributed by atoms with E-state index in [0.717, 1.165) is 18.1 Å². The second-order valence-corrected chi connectivity index (χ2v) is 14.6. The molecule has 232 valence electrons. The third-order valence-corrected chi connectivity index (χ3v) is 11.3. The topological polar surface area (TPSA) is 135 Å². The van der Waals surface area contributed by atoms with Gasteiger partial charge in [-0.15, -0.1) is 0 Å². The maximum atomic E-state index is 16.2. The molecule has 1 aromatic carbocycles. The molecule has 8 nitrogen and oxygen atoms in total. The third-order valence-electron chi connectivity index (χ3n) is 9.58. The van der Waals surface area contributed by atoms with Crippen molar-refractivity contribution in [2.45, 2.75) is 74.2 Å². The van der Waals surface area contributed by atoms with Gasteiger partial charge in [-0.05, 0) is 91.3 Å². The Morgan fingerprint density at radius 1 is 1.09 bits per heavy atom. The molecule has 0 spiro atoms. The fourth-order valence-electron chi connectivity index (χ4n) is 7.19. The molecule has 2 fully saturated rings. The number of aromatic nitrogens is 2. The number of hydrogen-bond acceptors (Lipinski definition) is 7. The van der Waals surface area contributed by atoms with Gasteiger partial charge in [-0.25, -0.2) is 22.2 Å². The van der Waals surface area contributed by atoms with Crippen molar-refractivity contribution >= 4 is 21.4 Å². The largest absolute Gasteiger partial charge is 0.385 e. The molecule has 0 radical (unpaired) electrons. The zero-order chi connectivity index (χ0) is 31.4. The molecule has 2 aliphatic carbocycles. The Morgan fingerprint density at radius 2 is 1.86 bits per heavy atom. The number of sulfone groups is 1. The van der Waals surface area contributed by atoms with Crippen LogP contribution in [0.15, 0.2) is 54.9 Å². The van der Waals surface area contributed by atoms with Crippen LogP contribution in [0.3, 0.4) is 0 Å². The van der Waals surface area contributed by atoms with E-state index >= 15 is 8.78 Å². The van der Waals surface area contributed by atoms with Gasteiger partial charge in [-0.2, -0.15) is 0 Å². The van der Waals surface area contributed by atoms with Crippen molar-refractivity contribution in [1.82, 2.24) is 9.97 Å². The summed E-state index contributed by atoms with van der Waals surface area (Å²) in [7, 11) is -3.56. The average Bonchev–Trinajstić information content (AvgIpc) is 2.95. The number of nitrogens with one attached hydrogen (secondary N) is 1. The molecule has 3 heterocycles. The Labute approximate surface area is 255 Å². The number of amides is 1. The molecule has 1 aliphatic heterocycles. The number of benzene rings is 1. The fourth-order valence-corrected chi connectivity index (χ4v) is 8.77. The lowest BCUT2D eigenvalue weighted by Crippen LogP contribution is -2.49. The summed E-state index contributed by atoms with van der Waals surface area (Å²) in [5.41, 5.74) is 6.81. The highest BCUT2D eigenvalue weighted by molar-refractivity contribution is 7.91. The van der Waals surface area contributed by atoms with E-state index in [1.165, 1.54) is 24.6 Å². The zero-order valence-corrected chi connectivity index (χ0v) is 25.4. The molecular weight excluding hydrogens is 586 g/mol. The number of allylic oxidation sites excluding steroid dienone is 2. The first-order valence-corrected chi connectivity index (χ1v) is 17.0. The first-order valence-electron chi connectivity index (χ1n) is 15.0. The van der Waals surface area contributed by atoms with Crippen LogP contribution in [0.25, 0.3) is 11.3 Å². The van der Waals surface area contributed by atoms with Gasteiger partial charge in [0.05, 0.1) is 22.7 Å². The van der Waals surface area contributed by atoms with Crippen molar-refractivity contribution in [3.05, 3.63) is 88.9 Å². The van der Waals surface area contributed by atoms with E-state index in [0.29, 0.717) is 48.9 Å². The third kappa shape index (κ3) is 5.46. The molecule has 6 rings (SSSR count). The predicted octanol–water partition coefficient (Wildman–Crippen LogP) is 5.34. The van der Waals surface area contributed by atoms with Gasteiger partial charge in [-0.3, -0.25) is 9.78 Å². The zero-order valence-electron chi connectivity index (χ0n) is 24.6. The van der Waals surface area contributed by atoms with Crippen LogP contribution in [0.2, 0.25) is 0 Å². The van der Waals surface area contributed by atoms with Gasteiger partial charge in [0.1, 0.15) is 23.0 Å². The number of halogens is 2. The van der Waals surface area contributed by atoms with Crippen LogP contribution in [0, 0.1) is 17.6 Å². The minimum Gasteiger partial charge on any atom is -0.385 e. The number of carbonyl (C=O) groups excluding carboxylic acids is 1. The van der Waals surface area contributed by atoms with Crippen LogP contribution >= 0.6 is 0 Å². The summed E-state index contributed by atoms with van der Waals surface area (Å²) in [5, 5.41) is 13.1. The maximum Gasteiger partial charge on any atom is 0.274 e. The Hall–Kier alpha value is -3.54. The van der Waals surface area contributed by atoms with E-state index in [1.54, 1.807) is 18.3 Å². The molecule has 3 aromatic rings. The van der Waals surface area contributed by atoms with Gasteiger partial charge in [0, 0.05) is 30.0 Å². The van der Waals surface area contributed by atoms with Crippen molar-refractivity contribution in [3.8, 4) is 11.3 Å². The van der Waals surface area contributed by atoms with Gasteiger partial charge in [0.15, 0.2) is 9.84 Å². The molecule has 1 amide bonds. The highest BCUT2D eigenvalue weighted by atomic mass is 32.2. The van der Waals surface area contributed by atoms with Gasteiger partial charge < -0.3 is 16.2 Å². The second kappa shape index (κ2) is 11.4. The number of aliphatic hydroxyl groups is 1. The SMILES string of the molecule is CCC1C=CC2CC(CC(N)C2S(C)(=O)=O)c2ccncc2NC(=O)c2ccc(F)c(n2)-c2c(F)cc(C3(O)CCC3)cc21. The Morgan fingerprint density at radius 3 is 2.55 bits per heavy atom. The van der Waals surface area contributed by atoms with Gasteiger partial charge in [-0.1, -0.05) is 25.1 Å². The number of fused-ring (bicyclic) bond motifs is 8. The van der Waals surface area contributed by atoms with Gasteiger partial charge >= 0.3 is 0 Å². The van der Waals surface area contributed by atoms with Crippen molar-refractivity contribution < 1.29 is 27.1 Å². The molecule has 44 heavy (non-hydrogen) atoms. The number of carbonyl (C=O) groups is 1.